The molecule has 0 unspecified atom stereocenters. The lowest BCUT2D eigenvalue weighted by molar-refractivity contribution is 0.0527. The Morgan fingerprint density at radius 1 is 1.10 bits per heavy atom. The molecule has 0 aliphatic heterocycles. The zero-order valence-corrected chi connectivity index (χ0v) is 17.5. The fourth-order valence-electron chi connectivity index (χ4n) is 3.20. The number of esters is 1. The first kappa shape index (κ1) is 21.9. The normalized spacial score (nSPS) is 10.6. The number of aromatic nitrogens is 2. The van der Waals surface area contributed by atoms with Crippen molar-refractivity contribution >= 4 is 17.6 Å². The van der Waals surface area contributed by atoms with Crippen molar-refractivity contribution in [2.45, 2.75) is 20.8 Å². The lowest BCUT2D eigenvalue weighted by atomic mass is 10.1. The van der Waals surface area contributed by atoms with Gasteiger partial charge in [0.05, 0.1) is 17.9 Å². The monoisotopic (exact) mass is 423 g/mol. The van der Waals surface area contributed by atoms with E-state index in [-0.39, 0.29) is 30.1 Å². The molecule has 1 amide bonds. The number of carbonyl (C=O) groups excluding carboxylic acids is 2. The number of carbonyl (C=O) groups is 2. The standard InChI is InChI=1S/C23H22FN3O4/c1-4-26(18-12-8-6-10-16(18)23(30)31-5-2)22(29)21-20(28)14-15(3)27(25-21)19-13-9-7-11-17(19)24/h6-14H,4-5H2,1-3H3. The van der Waals surface area contributed by atoms with Gasteiger partial charge in [-0.2, -0.15) is 5.10 Å². The molecule has 0 atom stereocenters. The van der Waals surface area contributed by atoms with Crippen molar-refractivity contribution in [1.29, 1.82) is 0 Å². The van der Waals surface area contributed by atoms with E-state index in [0.717, 1.165) is 0 Å². The Bertz CT molecular complexity index is 1190. The molecule has 8 heteroatoms. The van der Waals surface area contributed by atoms with E-state index in [0.29, 0.717) is 11.4 Å². The highest BCUT2D eigenvalue weighted by molar-refractivity contribution is 6.08. The molecule has 0 aliphatic carbocycles. The maximum atomic E-state index is 14.3. The summed E-state index contributed by atoms with van der Waals surface area (Å²) in [5, 5.41) is 4.16. The summed E-state index contributed by atoms with van der Waals surface area (Å²) in [5.74, 6) is -1.82. The number of rotatable bonds is 6. The number of benzene rings is 2. The van der Waals surface area contributed by atoms with Crippen molar-refractivity contribution in [3.8, 4) is 5.69 Å². The highest BCUT2D eigenvalue weighted by Gasteiger charge is 2.26. The van der Waals surface area contributed by atoms with Gasteiger partial charge in [0.1, 0.15) is 11.5 Å². The van der Waals surface area contributed by atoms with Crippen LogP contribution < -0.4 is 10.3 Å². The van der Waals surface area contributed by atoms with Crippen LogP contribution in [0.3, 0.4) is 0 Å². The van der Waals surface area contributed by atoms with Gasteiger partial charge in [-0.1, -0.05) is 24.3 Å². The summed E-state index contributed by atoms with van der Waals surface area (Å²) < 4.78 is 20.6. The lowest BCUT2D eigenvalue weighted by Gasteiger charge is -2.23. The van der Waals surface area contributed by atoms with E-state index in [1.165, 1.54) is 33.8 Å². The van der Waals surface area contributed by atoms with E-state index < -0.39 is 23.1 Å². The van der Waals surface area contributed by atoms with Crippen LogP contribution in [0.4, 0.5) is 10.1 Å². The molecular formula is C23H22FN3O4. The average Bonchev–Trinajstić information content (AvgIpc) is 2.75. The van der Waals surface area contributed by atoms with Crippen LogP contribution in [0.25, 0.3) is 5.69 Å². The topological polar surface area (TPSA) is 81.5 Å². The van der Waals surface area contributed by atoms with Gasteiger partial charge in [0.2, 0.25) is 5.43 Å². The molecule has 0 fully saturated rings. The molecule has 0 N–H and O–H groups in total. The van der Waals surface area contributed by atoms with Crippen molar-refractivity contribution in [1.82, 2.24) is 9.78 Å². The van der Waals surface area contributed by atoms with Crippen LogP contribution in [0.2, 0.25) is 0 Å². The van der Waals surface area contributed by atoms with Gasteiger partial charge in [-0.3, -0.25) is 9.59 Å². The molecule has 1 aromatic heterocycles. The number of hydrogen-bond donors (Lipinski definition) is 0. The van der Waals surface area contributed by atoms with Gasteiger partial charge >= 0.3 is 5.97 Å². The summed E-state index contributed by atoms with van der Waals surface area (Å²) in [4.78, 5) is 39.6. The van der Waals surface area contributed by atoms with E-state index in [1.54, 1.807) is 51.1 Å². The third kappa shape index (κ3) is 4.37. The second kappa shape index (κ2) is 9.34. The summed E-state index contributed by atoms with van der Waals surface area (Å²) in [6.45, 7) is 5.35. The molecular weight excluding hydrogens is 401 g/mol. The first-order chi connectivity index (χ1) is 14.9. The van der Waals surface area contributed by atoms with Gasteiger partial charge in [0.25, 0.3) is 5.91 Å². The SMILES string of the molecule is CCOC(=O)c1ccccc1N(CC)C(=O)c1nn(-c2ccccc2F)c(C)cc1=O. The fourth-order valence-corrected chi connectivity index (χ4v) is 3.20. The first-order valence-electron chi connectivity index (χ1n) is 9.82. The Morgan fingerprint density at radius 3 is 2.45 bits per heavy atom. The third-order valence-electron chi connectivity index (χ3n) is 4.64. The quantitative estimate of drug-likeness (QED) is 0.567. The lowest BCUT2D eigenvalue weighted by Crippen LogP contribution is -2.37. The van der Waals surface area contributed by atoms with E-state index in [9.17, 15) is 18.8 Å². The molecule has 0 aliphatic rings. The largest absolute Gasteiger partial charge is 0.462 e. The Kier molecular flexibility index (Phi) is 6.59. The highest BCUT2D eigenvalue weighted by atomic mass is 19.1. The Hall–Kier alpha value is -3.81. The molecule has 0 radical (unpaired) electrons. The maximum absolute atomic E-state index is 14.3. The minimum atomic E-state index is -0.700. The second-order valence-corrected chi connectivity index (χ2v) is 6.65. The van der Waals surface area contributed by atoms with Crippen LogP contribution in [0.15, 0.2) is 59.4 Å². The fraction of sp³-hybridized carbons (Fsp3) is 0.217. The number of halogens is 1. The minimum Gasteiger partial charge on any atom is -0.462 e. The van der Waals surface area contributed by atoms with Gasteiger partial charge < -0.3 is 9.64 Å². The molecule has 7 nitrogen and oxygen atoms in total. The van der Waals surface area contributed by atoms with Gasteiger partial charge in [-0.05, 0) is 45.0 Å². The Morgan fingerprint density at radius 2 is 1.77 bits per heavy atom. The summed E-state index contributed by atoms with van der Waals surface area (Å²) in [6, 6.07) is 13.6. The number of anilines is 1. The smallest absolute Gasteiger partial charge is 0.340 e. The number of para-hydroxylation sites is 2. The molecule has 0 saturated carbocycles. The number of ether oxygens (including phenoxy) is 1. The van der Waals surface area contributed by atoms with E-state index in [1.807, 2.05) is 0 Å². The molecule has 0 spiro atoms. The molecule has 3 rings (SSSR count). The van der Waals surface area contributed by atoms with Gasteiger partial charge in [-0.15, -0.1) is 0 Å². The summed E-state index contributed by atoms with van der Waals surface area (Å²) >= 11 is 0. The third-order valence-corrected chi connectivity index (χ3v) is 4.64. The average molecular weight is 423 g/mol. The van der Waals surface area contributed by atoms with Crippen molar-refractivity contribution in [2.75, 3.05) is 18.1 Å². The van der Waals surface area contributed by atoms with Gasteiger partial charge in [0, 0.05) is 18.3 Å². The minimum absolute atomic E-state index is 0.115. The molecule has 3 aromatic rings. The zero-order valence-electron chi connectivity index (χ0n) is 17.5. The van der Waals surface area contributed by atoms with Crippen LogP contribution in [0.1, 0.15) is 40.4 Å². The summed E-state index contributed by atoms with van der Waals surface area (Å²) in [5.41, 5.74) is 0.0101. The van der Waals surface area contributed by atoms with Crippen molar-refractivity contribution in [3.63, 3.8) is 0 Å². The second-order valence-electron chi connectivity index (χ2n) is 6.65. The van der Waals surface area contributed by atoms with Crippen LogP contribution >= 0.6 is 0 Å². The van der Waals surface area contributed by atoms with Gasteiger partial charge in [-0.25, -0.2) is 13.9 Å². The molecule has 160 valence electrons. The van der Waals surface area contributed by atoms with Crippen molar-refractivity contribution in [2.24, 2.45) is 0 Å². The van der Waals surface area contributed by atoms with Crippen LogP contribution in [-0.2, 0) is 4.74 Å². The number of aryl methyl sites for hydroxylation is 1. The highest BCUT2D eigenvalue weighted by Crippen LogP contribution is 2.23. The zero-order chi connectivity index (χ0) is 22.5. The summed E-state index contributed by atoms with van der Waals surface area (Å²) in [7, 11) is 0. The van der Waals surface area contributed by atoms with Crippen molar-refractivity contribution in [3.05, 3.63) is 87.6 Å². The molecule has 0 saturated heterocycles. The van der Waals surface area contributed by atoms with Crippen LogP contribution in [0.5, 0.6) is 0 Å². The van der Waals surface area contributed by atoms with E-state index in [4.69, 9.17) is 4.74 Å². The van der Waals surface area contributed by atoms with E-state index >= 15 is 0 Å². The molecule has 0 bridgehead atoms. The molecule has 1 heterocycles. The van der Waals surface area contributed by atoms with Crippen molar-refractivity contribution < 1.29 is 18.7 Å². The summed E-state index contributed by atoms with van der Waals surface area (Å²) in [6.07, 6.45) is 0. The number of amides is 1. The van der Waals surface area contributed by atoms with Gasteiger partial charge in [0.15, 0.2) is 5.69 Å². The first-order valence-corrected chi connectivity index (χ1v) is 9.82. The van der Waals surface area contributed by atoms with E-state index in [2.05, 4.69) is 5.10 Å². The predicted molar refractivity (Wildman–Crippen MR) is 114 cm³/mol. The molecule has 2 aromatic carbocycles. The predicted octanol–water partition coefficient (Wildman–Crippen LogP) is 3.52. The maximum Gasteiger partial charge on any atom is 0.340 e. The van der Waals surface area contributed by atoms with Crippen LogP contribution in [-0.4, -0.2) is 34.8 Å². The Balaban J connectivity index is 2.11. The molecule has 31 heavy (non-hydrogen) atoms. The van der Waals surface area contributed by atoms with Crippen LogP contribution in [0, 0.1) is 12.7 Å². The number of hydrogen-bond acceptors (Lipinski definition) is 5. The Labute approximate surface area is 178 Å². The number of nitrogens with zero attached hydrogens (tertiary/aromatic N) is 3.